The smallest absolute Gasteiger partial charge is 0.267 e. The van der Waals surface area contributed by atoms with Crippen molar-refractivity contribution >= 4 is 23.4 Å². The van der Waals surface area contributed by atoms with Gasteiger partial charge in [0.2, 0.25) is 0 Å². The number of hydrazine groups is 1. The highest BCUT2D eigenvalue weighted by molar-refractivity contribution is 6.14. The van der Waals surface area contributed by atoms with Crippen molar-refractivity contribution in [2.24, 2.45) is 0 Å². The van der Waals surface area contributed by atoms with Gasteiger partial charge in [-0.3, -0.25) is 19.9 Å². The maximum absolute atomic E-state index is 12.2. The van der Waals surface area contributed by atoms with Crippen LogP contribution in [0.2, 0.25) is 0 Å². The lowest BCUT2D eigenvalue weighted by molar-refractivity contribution is -0.385. The average molecular weight is 272 g/mol. The second-order valence-electron chi connectivity index (χ2n) is 4.67. The number of carbonyl (C=O) groups excluding carboxylic acids is 1. The molecule has 0 saturated carbocycles. The maximum Gasteiger partial charge on any atom is 0.282 e. The van der Waals surface area contributed by atoms with Gasteiger partial charge in [-0.05, 0) is 38.6 Å². The van der Waals surface area contributed by atoms with Crippen molar-refractivity contribution in [3.05, 3.63) is 39.9 Å². The Morgan fingerprint density at radius 3 is 2.39 bits per heavy atom. The number of nitrogens with one attached hydrogen (secondary N) is 1. The molecule has 18 heavy (non-hydrogen) atoms. The predicted molar refractivity (Wildman–Crippen MR) is 68.0 cm³/mol. The zero-order valence-electron chi connectivity index (χ0n) is 10.3. The maximum atomic E-state index is 12.2. The number of carbonyl (C=O) groups is 1. The molecule has 0 atom stereocenters. The molecule has 1 N–H and O–H groups in total. The largest absolute Gasteiger partial charge is 0.282 e. The first-order valence-electron chi connectivity index (χ1n) is 5.23. The van der Waals surface area contributed by atoms with Gasteiger partial charge in [0.25, 0.3) is 11.6 Å². The SMILES string of the molecule is CC(C)(C)N(NCl)C(=O)c1ccccc1[N+](=O)[O-]. The summed E-state index contributed by atoms with van der Waals surface area (Å²) in [6.07, 6.45) is 0. The Labute approximate surface area is 110 Å². The van der Waals surface area contributed by atoms with E-state index in [-0.39, 0.29) is 11.3 Å². The Morgan fingerprint density at radius 1 is 1.39 bits per heavy atom. The van der Waals surface area contributed by atoms with Crippen LogP contribution in [0.1, 0.15) is 31.1 Å². The molecule has 1 amide bonds. The van der Waals surface area contributed by atoms with Crippen LogP contribution in [-0.2, 0) is 0 Å². The van der Waals surface area contributed by atoms with E-state index in [1.807, 2.05) is 0 Å². The number of nitrogens with zero attached hydrogens (tertiary/aromatic N) is 2. The molecule has 0 heterocycles. The Morgan fingerprint density at radius 2 is 1.94 bits per heavy atom. The molecule has 98 valence electrons. The Bertz CT molecular complexity index is 471. The van der Waals surface area contributed by atoms with Crippen molar-refractivity contribution in [3.8, 4) is 0 Å². The highest BCUT2D eigenvalue weighted by Gasteiger charge is 2.31. The molecule has 0 spiro atoms. The van der Waals surface area contributed by atoms with E-state index in [0.717, 1.165) is 5.01 Å². The van der Waals surface area contributed by atoms with Crippen molar-refractivity contribution in [2.75, 3.05) is 0 Å². The molecule has 0 saturated heterocycles. The molecule has 0 aliphatic rings. The highest BCUT2D eigenvalue weighted by Crippen LogP contribution is 2.22. The summed E-state index contributed by atoms with van der Waals surface area (Å²) in [7, 11) is 0. The highest BCUT2D eigenvalue weighted by atomic mass is 35.5. The third-order valence-corrected chi connectivity index (χ3v) is 2.46. The number of amides is 1. The van der Waals surface area contributed by atoms with Crippen LogP contribution in [-0.4, -0.2) is 21.4 Å². The molecule has 0 bridgehead atoms. The number of nitro benzene ring substituents is 1. The third kappa shape index (κ3) is 2.96. The zero-order valence-corrected chi connectivity index (χ0v) is 11.1. The number of para-hydroxylation sites is 1. The van der Waals surface area contributed by atoms with Gasteiger partial charge in [-0.15, -0.1) is 4.94 Å². The molecule has 0 radical (unpaired) electrons. The molecule has 0 aliphatic carbocycles. The second kappa shape index (κ2) is 5.32. The molecular weight excluding hydrogens is 258 g/mol. The minimum Gasteiger partial charge on any atom is -0.267 e. The molecule has 0 aliphatic heterocycles. The number of nitro groups is 1. The van der Waals surface area contributed by atoms with Gasteiger partial charge in [0, 0.05) is 6.07 Å². The summed E-state index contributed by atoms with van der Waals surface area (Å²) >= 11 is 5.51. The first-order chi connectivity index (χ1) is 8.29. The minimum absolute atomic E-state index is 0.00873. The normalized spacial score (nSPS) is 11.1. The number of hydrogen-bond acceptors (Lipinski definition) is 4. The quantitative estimate of drug-likeness (QED) is 0.521. The minimum atomic E-state index is -0.609. The standard InChI is InChI=1S/C11H14ClN3O3/c1-11(2,3)14(13-12)10(16)8-6-4-5-7-9(8)15(17)18/h4-7,13H,1-3H3. The number of benzene rings is 1. The molecule has 1 aromatic carbocycles. The molecule has 0 fully saturated rings. The van der Waals surface area contributed by atoms with Crippen LogP contribution in [0.3, 0.4) is 0 Å². The fourth-order valence-electron chi connectivity index (χ4n) is 1.40. The second-order valence-corrected chi connectivity index (χ2v) is 4.84. The van der Waals surface area contributed by atoms with Crippen molar-refractivity contribution in [2.45, 2.75) is 26.3 Å². The van der Waals surface area contributed by atoms with Crippen molar-refractivity contribution in [3.63, 3.8) is 0 Å². The first kappa shape index (κ1) is 14.4. The van der Waals surface area contributed by atoms with Crippen LogP contribution in [0.5, 0.6) is 0 Å². The van der Waals surface area contributed by atoms with Gasteiger partial charge >= 0.3 is 0 Å². The van der Waals surface area contributed by atoms with Crippen LogP contribution in [0.25, 0.3) is 0 Å². The first-order valence-corrected chi connectivity index (χ1v) is 5.61. The van der Waals surface area contributed by atoms with Gasteiger partial charge in [0.1, 0.15) is 5.56 Å². The van der Waals surface area contributed by atoms with E-state index in [1.165, 1.54) is 18.2 Å². The topological polar surface area (TPSA) is 75.5 Å². The molecule has 0 unspecified atom stereocenters. The summed E-state index contributed by atoms with van der Waals surface area (Å²) < 4.78 is 0. The van der Waals surface area contributed by atoms with Crippen molar-refractivity contribution in [1.82, 2.24) is 9.95 Å². The van der Waals surface area contributed by atoms with Gasteiger partial charge in [-0.1, -0.05) is 12.1 Å². The summed E-state index contributed by atoms with van der Waals surface area (Å²) in [6.45, 7) is 5.28. The van der Waals surface area contributed by atoms with Crippen LogP contribution < -0.4 is 4.94 Å². The number of rotatable bonds is 3. The molecule has 1 aromatic rings. The number of hydrogen-bond donors (Lipinski definition) is 1. The fourth-order valence-corrected chi connectivity index (χ4v) is 1.73. The number of halogens is 1. The lowest BCUT2D eigenvalue weighted by Crippen LogP contribution is -2.50. The summed E-state index contributed by atoms with van der Waals surface area (Å²) in [4.78, 5) is 24.7. The zero-order chi connectivity index (χ0) is 13.9. The summed E-state index contributed by atoms with van der Waals surface area (Å²) in [5.74, 6) is -0.551. The van der Waals surface area contributed by atoms with Crippen LogP contribution in [0.4, 0.5) is 5.69 Å². The molecule has 0 aromatic heterocycles. The van der Waals surface area contributed by atoms with Gasteiger partial charge in [0.15, 0.2) is 0 Å². The molecule has 6 nitrogen and oxygen atoms in total. The van der Waals surface area contributed by atoms with E-state index in [0.29, 0.717) is 0 Å². The summed E-state index contributed by atoms with van der Waals surface area (Å²) in [5.41, 5.74) is -0.864. The van der Waals surface area contributed by atoms with E-state index < -0.39 is 16.4 Å². The lowest BCUT2D eigenvalue weighted by atomic mass is 10.1. The molecule has 1 rings (SSSR count). The van der Waals surface area contributed by atoms with Crippen LogP contribution in [0, 0.1) is 10.1 Å². The van der Waals surface area contributed by atoms with Gasteiger partial charge < -0.3 is 0 Å². The van der Waals surface area contributed by atoms with Crippen molar-refractivity contribution < 1.29 is 9.72 Å². The van der Waals surface area contributed by atoms with Crippen LogP contribution >= 0.6 is 11.8 Å². The Kier molecular flexibility index (Phi) is 4.26. The van der Waals surface area contributed by atoms with E-state index in [4.69, 9.17) is 11.8 Å². The van der Waals surface area contributed by atoms with E-state index in [1.54, 1.807) is 26.8 Å². The Hall–Kier alpha value is -1.66. The van der Waals surface area contributed by atoms with Gasteiger partial charge in [-0.25, -0.2) is 0 Å². The Balaban J connectivity index is 3.22. The van der Waals surface area contributed by atoms with Gasteiger partial charge in [-0.2, -0.15) is 0 Å². The average Bonchev–Trinajstić information content (AvgIpc) is 2.27. The molecule has 7 heteroatoms. The lowest BCUT2D eigenvalue weighted by Gasteiger charge is -2.33. The summed E-state index contributed by atoms with van der Waals surface area (Å²) in [5, 5.41) is 12.0. The van der Waals surface area contributed by atoms with Crippen molar-refractivity contribution in [1.29, 1.82) is 0 Å². The van der Waals surface area contributed by atoms with E-state index in [2.05, 4.69) is 4.94 Å². The van der Waals surface area contributed by atoms with Gasteiger partial charge in [0.05, 0.1) is 10.5 Å². The third-order valence-electron chi connectivity index (χ3n) is 2.29. The summed E-state index contributed by atoms with van der Waals surface area (Å²) in [6, 6.07) is 5.75. The van der Waals surface area contributed by atoms with E-state index in [9.17, 15) is 14.9 Å². The predicted octanol–water partition coefficient (Wildman–Crippen LogP) is 2.49. The fraction of sp³-hybridized carbons (Fsp3) is 0.364. The molecular formula is C11H14ClN3O3. The van der Waals surface area contributed by atoms with Crippen LogP contribution in [0.15, 0.2) is 24.3 Å². The van der Waals surface area contributed by atoms with E-state index >= 15 is 0 Å². The monoisotopic (exact) mass is 271 g/mol.